The molecule has 1 N–H and O–H groups in total. The van der Waals surface area contributed by atoms with Crippen LogP contribution in [0.4, 0.5) is 0 Å². The number of rotatable bonds is 1. The summed E-state index contributed by atoms with van der Waals surface area (Å²) in [6.07, 6.45) is 2.55. The maximum atomic E-state index is 10.5. The molecule has 0 atom stereocenters. The minimum Gasteiger partial charge on any atom is -0.505 e. The molecule has 0 aliphatic rings. The lowest BCUT2D eigenvalue weighted by molar-refractivity contribution is -0.109. The van der Waals surface area contributed by atoms with Crippen molar-refractivity contribution in [3.8, 4) is 17.6 Å². The Morgan fingerprint density at radius 3 is 2.79 bits per heavy atom. The Hall–Kier alpha value is -1.54. The van der Waals surface area contributed by atoms with Gasteiger partial charge in [0.2, 0.25) is 5.82 Å². The van der Waals surface area contributed by atoms with E-state index >= 15 is 0 Å². The number of thioether (sulfide) groups is 1. The van der Waals surface area contributed by atoms with Crippen molar-refractivity contribution in [2.24, 2.45) is 0 Å². The highest BCUT2D eigenvalue weighted by molar-refractivity contribution is 8.13. The van der Waals surface area contributed by atoms with Crippen LogP contribution in [0.2, 0.25) is 0 Å². The van der Waals surface area contributed by atoms with Crippen LogP contribution in [0.5, 0.6) is 5.75 Å². The average Bonchev–Trinajstić information content (AvgIpc) is 2.15. The Morgan fingerprint density at radius 2 is 2.21 bits per heavy atom. The molecule has 5 heteroatoms. The van der Waals surface area contributed by atoms with Crippen LogP contribution >= 0.6 is 11.8 Å². The van der Waals surface area contributed by atoms with Crippen molar-refractivity contribution in [1.29, 1.82) is 0 Å². The molecular formula is C9H8N2O2S. The number of aromatic hydroxyl groups is 1. The van der Waals surface area contributed by atoms with Gasteiger partial charge in [0.25, 0.3) is 0 Å². The minimum absolute atomic E-state index is 0.00802. The van der Waals surface area contributed by atoms with Crippen molar-refractivity contribution in [3.05, 3.63) is 18.2 Å². The Morgan fingerprint density at radius 1 is 1.57 bits per heavy atom. The Labute approximate surface area is 85.8 Å². The van der Waals surface area contributed by atoms with Crippen molar-refractivity contribution < 1.29 is 9.90 Å². The Bertz CT molecular complexity index is 378. The number of nitrogens with zero attached hydrogens (tertiary/aromatic N) is 2. The molecule has 0 aliphatic carbocycles. The van der Waals surface area contributed by atoms with Crippen LogP contribution in [0.1, 0.15) is 12.7 Å². The lowest BCUT2D eigenvalue weighted by Gasteiger charge is -1.89. The van der Waals surface area contributed by atoms with E-state index in [1.54, 1.807) is 0 Å². The van der Waals surface area contributed by atoms with Gasteiger partial charge in [0.05, 0.1) is 18.1 Å². The summed E-state index contributed by atoms with van der Waals surface area (Å²) in [4.78, 5) is 18.1. The van der Waals surface area contributed by atoms with Crippen LogP contribution in [-0.2, 0) is 4.79 Å². The summed E-state index contributed by atoms with van der Waals surface area (Å²) in [6, 6.07) is 0. The molecule has 4 nitrogen and oxygen atoms in total. The Balaban J connectivity index is 2.51. The van der Waals surface area contributed by atoms with Crippen molar-refractivity contribution in [2.75, 3.05) is 5.75 Å². The fourth-order valence-electron chi connectivity index (χ4n) is 0.639. The largest absolute Gasteiger partial charge is 0.505 e. The molecule has 0 aromatic carbocycles. The molecule has 0 unspecified atom stereocenters. The smallest absolute Gasteiger partial charge is 0.205 e. The fraction of sp³-hybridized carbons (Fsp3) is 0.222. The molecule has 0 radical (unpaired) electrons. The molecule has 1 heterocycles. The van der Waals surface area contributed by atoms with Gasteiger partial charge in [-0.3, -0.25) is 4.79 Å². The standard InChI is InChI=1S/C9H8N2O2S/c1-7(12)14-4-2-3-9-10-5-8(13)6-11-9/h5-6,13H,4H2,1H3. The van der Waals surface area contributed by atoms with Crippen molar-refractivity contribution >= 4 is 16.9 Å². The highest BCUT2D eigenvalue weighted by Crippen LogP contribution is 2.01. The first-order chi connectivity index (χ1) is 6.68. The SMILES string of the molecule is CC(=O)SCC#Cc1ncc(O)cn1. The third-order valence-electron chi connectivity index (χ3n) is 1.19. The van der Waals surface area contributed by atoms with E-state index in [0.29, 0.717) is 11.6 Å². The summed E-state index contributed by atoms with van der Waals surface area (Å²) in [5, 5.41) is 8.91. The van der Waals surface area contributed by atoms with Crippen LogP contribution in [0, 0.1) is 11.8 Å². The molecule has 0 bridgehead atoms. The third-order valence-corrected chi connectivity index (χ3v) is 1.88. The van der Waals surface area contributed by atoms with Crippen molar-refractivity contribution in [2.45, 2.75) is 6.92 Å². The Kier molecular flexibility index (Phi) is 3.95. The number of carbonyl (C=O) groups excluding carboxylic acids is 1. The molecule has 72 valence electrons. The van der Waals surface area contributed by atoms with Gasteiger partial charge in [-0.05, 0) is 5.92 Å². The van der Waals surface area contributed by atoms with E-state index in [9.17, 15) is 4.79 Å². The lowest BCUT2D eigenvalue weighted by Crippen LogP contribution is -1.87. The summed E-state index contributed by atoms with van der Waals surface area (Å²) >= 11 is 1.14. The molecule has 1 rings (SSSR count). The molecule has 0 fully saturated rings. The number of carbonyl (C=O) groups is 1. The molecule has 0 spiro atoms. The van der Waals surface area contributed by atoms with Crippen LogP contribution < -0.4 is 0 Å². The van der Waals surface area contributed by atoms with Gasteiger partial charge < -0.3 is 5.11 Å². The summed E-state index contributed by atoms with van der Waals surface area (Å²) in [5.41, 5.74) is 0. The zero-order valence-electron chi connectivity index (χ0n) is 7.52. The first kappa shape index (κ1) is 10.5. The van der Waals surface area contributed by atoms with Gasteiger partial charge >= 0.3 is 0 Å². The van der Waals surface area contributed by atoms with Gasteiger partial charge in [0.1, 0.15) is 0 Å². The van der Waals surface area contributed by atoms with Gasteiger partial charge in [0, 0.05) is 6.92 Å². The molecule has 0 saturated carbocycles. The average molecular weight is 208 g/mol. The highest BCUT2D eigenvalue weighted by Gasteiger charge is 1.91. The summed E-state index contributed by atoms with van der Waals surface area (Å²) < 4.78 is 0. The van der Waals surface area contributed by atoms with Crippen molar-refractivity contribution in [3.63, 3.8) is 0 Å². The second-order valence-corrected chi connectivity index (χ2v) is 3.50. The maximum absolute atomic E-state index is 10.5. The summed E-state index contributed by atoms with van der Waals surface area (Å²) in [6.45, 7) is 1.49. The van der Waals surface area contributed by atoms with Gasteiger partial charge in [-0.15, -0.1) is 0 Å². The van der Waals surface area contributed by atoms with Gasteiger partial charge in [0.15, 0.2) is 10.9 Å². The van der Waals surface area contributed by atoms with Gasteiger partial charge in [-0.1, -0.05) is 17.7 Å². The van der Waals surface area contributed by atoms with Crippen LogP contribution in [0.15, 0.2) is 12.4 Å². The second-order valence-electron chi connectivity index (χ2n) is 2.35. The quantitative estimate of drug-likeness (QED) is 0.692. The zero-order valence-corrected chi connectivity index (χ0v) is 8.34. The van der Waals surface area contributed by atoms with Gasteiger partial charge in [-0.25, -0.2) is 9.97 Å². The van der Waals surface area contributed by atoms with Crippen molar-refractivity contribution in [1.82, 2.24) is 9.97 Å². The number of aromatic nitrogens is 2. The molecule has 1 aromatic rings. The normalized spacial score (nSPS) is 8.93. The predicted molar refractivity (Wildman–Crippen MR) is 53.7 cm³/mol. The molecule has 14 heavy (non-hydrogen) atoms. The van der Waals surface area contributed by atoms with Crippen LogP contribution in [-0.4, -0.2) is 25.9 Å². The van der Waals surface area contributed by atoms with E-state index in [0.717, 1.165) is 11.8 Å². The summed E-state index contributed by atoms with van der Waals surface area (Å²) in [5.74, 6) is 6.19. The zero-order chi connectivity index (χ0) is 10.4. The predicted octanol–water partition coefficient (Wildman–Crippen LogP) is 0.813. The summed E-state index contributed by atoms with van der Waals surface area (Å²) in [7, 11) is 0. The van der Waals surface area contributed by atoms with E-state index < -0.39 is 0 Å². The highest BCUT2D eigenvalue weighted by atomic mass is 32.2. The fourth-order valence-corrected chi connectivity index (χ4v) is 0.986. The van der Waals surface area contributed by atoms with Crippen LogP contribution in [0.25, 0.3) is 0 Å². The molecule has 0 aliphatic heterocycles. The molecular weight excluding hydrogens is 200 g/mol. The lowest BCUT2D eigenvalue weighted by atomic mass is 10.5. The van der Waals surface area contributed by atoms with Gasteiger partial charge in [-0.2, -0.15) is 0 Å². The minimum atomic E-state index is 0.00802. The molecule has 0 amide bonds. The molecule has 1 aromatic heterocycles. The van der Waals surface area contributed by atoms with Crippen LogP contribution in [0.3, 0.4) is 0 Å². The van der Waals surface area contributed by atoms with E-state index in [1.807, 2.05) is 0 Å². The number of hydrogen-bond donors (Lipinski definition) is 1. The van der Waals surface area contributed by atoms with E-state index in [2.05, 4.69) is 21.8 Å². The first-order valence-electron chi connectivity index (χ1n) is 3.82. The van der Waals surface area contributed by atoms with E-state index in [1.165, 1.54) is 19.3 Å². The maximum Gasteiger partial charge on any atom is 0.205 e. The monoisotopic (exact) mass is 208 g/mol. The number of hydrogen-bond acceptors (Lipinski definition) is 5. The second kappa shape index (κ2) is 5.25. The molecule has 0 saturated heterocycles. The van der Waals surface area contributed by atoms with E-state index in [-0.39, 0.29) is 10.9 Å². The third kappa shape index (κ3) is 3.92. The van der Waals surface area contributed by atoms with E-state index in [4.69, 9.17) is 5.11 Å². The topological polar surface area (TPSA) is 63.1 Å². The first-order valence-corrected chi connectivity index (χ1v) is 4.80.